The molecule has 132 valence electrons. The van der Waals surface area contributed by atoms with Gasteiger partial charge in [0.05, 0.1) is 12.7 Å². The number of aryl methyl sites for hydroxylation is 1. The summed E-state index contributed by atoms with van der Waals surface area (Å²) in [6, 6.07) is 3.86. The Labute approximate surface area is 143 Å². The van der Waals surface area contributed by atoms with Gasteiger partial charge in [-0.1, -0.05) is 6.92 Å². The van der Waals surface area contributed by atoms with Crippen LogP contribution in [0.25, 0.3) is 0 Å². The monoisotopic (exact) mass is 332 g/mol. The van der Waals surface area contributed by atoms with Crippen molar-refractivity contribution < 1.29 is 20.1 Å². The van der Waals surface area contributed by atoms with Gasteiger partial charge in [-0.2, -0.15) is 0 Å². The summed E-state index contributed by atoms with van der Waals surface area (Å²) >= 11 is 0. The SMILES string of the molecule is C[C@]12CC[C@@H]3c4cc(OCCO)c(O)cc4CC[C@H]3[C@@H]1CC[C@@H]2O. The molecule has 1 aromatic carbocycles. The second kappa shape index (κ2) is 5.92. The Balaban J connectivity index is 1.66. The number of ether oxygens (including phenoxy) is 1. The van der Waals surface area contributed by atoms with E-state index in [0.717, 1.165) is 38.5 Å². The van der Waals surface area contributed by atoms with E-state index >= 15 is 0 Å². The largest absolute Gasteiger partial charge is 0.504 e. The molecule has 0 amide bonds. The van der Waals surface area contributed by atoms with Gasteiger partial charge >= 0.3 is 0 Å². The van der Waals surface area contributed by atoms with Crippen LogP contribution in [-0.2, 0) is 6.42 Å². The molecule has 5 atom stereocenters. The van der Waals surface area contributed by atoms with Crippen LogP contribution >= 0.6 is 0 Å². The zero-order valence-corrected chi connectivity index (χ0v) is 14.4. The van der Waals surface area contributed by atoms with E-state index in [9.17, 15) is 10.2 Å². The van der Waals surface area contributed by atoms with E-state index < -0.39 is 0 Å². The van der Waals surface area contributed by atoms with E-state index in [0.29, 0.717) is 23.5 Å². The minimum atomic E-state index is -0.145. The molecule has 0 spiro atoms. The Bertz CT molecular complexity index is 628. The van der Waals surface area contributed by atoms with Gasteiger partial charge in [-0.05, 0) is 85.0 Å². The molecule has 24 heavy (non-hydrogen) atoms. The minimum absolute atomic E-state index is 0.0547. The molecule has 0 unspecified atom stereocenters. The summed E-state index contributed by atoms with van der Waals surface area (Å²) in [4.78, 5) is 0. The number of rotatable bonds is 3. The highest BCUT2D eigenvalue weighted by Crippen LogP contribution is 2.61. The molecule has 0 saturated heterocycles. The van der Waals surface area contributed by atoms with Crippen LogP contribution in [0.3, 0.4) is 0 Å². The molecule has 4 heteroatoms. The highest BCUT2D eigenvalue weighted by molar-refractivity contribution is 5.49. The quantitative estimate of drug-likeness (QED) is 0.796. The lowest BCUT2D eigenvalue weighted by atomic mass is 9.55. The number of aliphatic hydroxyl groups excluding tert-OH is 2. The maximum atomic E-state index is 10.5. The van der Waals surface area contributed by atoms with Gasteiger partial charge in [0.15, 0.2) is 11.5 Å². The third-order valence-electron chi connectivity index (χ3n) is 7.10. The molecule has 0 bridgehead atoms. The van der Waals surface area contributed by atoms with Crippen molar-refractivity contribution >= 4 is 0 Å². The molecule has 0 radical (unpaired) electrons. The van der Waals surface area contributed by atoms with E-state index in [1.165, 1.54) is 11.1 Å². The van der Waals surface area contributed by atoms with Crippen LogP contribution in [0, 0.1) is 17.3 Å². The molecule has 4 rings (SSSR count). The van der Waals surface area contributed by atoms with Crippen molar-refractivity contribution in [2.45, 2.75) is 57.5 Å². The third kappa shape index (κ3) is 2.34. The van der Waals surface area contributed by atoms with Crippen molar-refractivity contribution in [2.24, 2.45) is 17.3 Å². The summed E-state index contributed by atoms with van der Waals surface area (Å²) in [6.45, 7) is 2.43. The second-order valence-corrected chi connectivity index (χ2v) is 8.14. The second-order valence-electron chi connectivity index (χ2n) is 8.14. The van der Waals surface area contributed by atoms with Gasteiger partial charge in [0.1, 0.15) is 6.61 Å². The van der Waals surface area contributed by atoms with Crippen molar-refractivity contribution in [3.8, 4) is 11.5 Å². The smallest absolute Gasteiger partial charge is 0.161 e. The van der Waals surface area contributed by atoms with E-state index in [1.54, 1.807) is 0 Å². The number of fused-ring (bicyclic) bond motifs is 5. The molecule has 4 nitrogen and oxygen atoms in total. The van der Waals surface area contributed by atoms with Gasteiger partial charge in [0.25, 0.3) is 0 Å². The van der Waals surface area contributed by atoms with Gasteiger partial charge in [-0.3, -0.25) is 0 Å². The molecule has 2 saturated carbocycles. The number of phenolic OH excluding ortho intramolecular Hbond substituents is 1. The third-order valence-corrected chi connectivity index (χ3v) is 7.10. The number of phenols is 1. The fraction of sp³-hybridized carbons (Fsp3) is 0.700. The van der Waals surface area contributed by atoms with Crippen molar-refractivity contribution in [1.29, 1.82) is 0 Å². The molecular weight excluding hydrogens is 304 g/mol. The zero-order valence-electron chi connectivity index (χ0n) is 14.4. The van der Waals surface area contributed by atoms with Gasteiger partial charge in [0.2, 0.25) is 0 Å². The highest BCUT2D eigenvalue weighted by Gasteiger charge is 2.54. The van der Waals surface area contributed by atoms with E-state index in [-0.39, 0.29) is 30.5 Å². The Kier molecular flexibility index (Phi) is 4.00. The van der Waals surface area contributed by atoms with E-state index in [1.807, 2.05) is 12.1 Å². The number of aliphatic hydroxyl groups is 2. The minimum Gasteiger partial charge on any atom is -0.504 e. The Morgan fingerprint density at radius 3 is 2.83 bits per heavy atom. The highest BCUT2D eigenvalue weighted by atomic mass is 16.5. The molecule has 0 aromatic heterocycles. The number of benzene rings is 1. The standard InChI is InChI=1S/C20H28O4/c1-20-7-6-13-14(16(20)4-5-19(20)23)3-2-12-10-17(22)18(11-15(12)13)24-9-8-21/h10-11,13-14,16,19,21-23H,2-9H2,1H3/t13-,14+,16-,19-,20-/m0/s1. The number of aromatic hydroxyl groups is 1. The van der Waals surface area contributed by atoms with Crippen LogP contribution in [0.5, 0.6) is 11.5 Å². The van der Waals surface area contributed by atoms with Crippen molar-refractivity contribution in [1.82, 2.24) is 0 Å². The predicted molar refractivity (Wildman–Crippen MR) is 91.3 cm³/mol. The van der Waals surface area contributed by atoms with Crippen LogP contribution in [0.2, 0.25) is 0 Å². The Morgan fingerprint density at radius 1 is 1.21 bits per heavy atom. The van der Waals surface area contributed by atoms with Crippen molar-refractivity contribution in [2.75, 3.05) is 13.2 Å². The van der Waals surface area contributed by atoms with Crippen LogP contribution in [0.4, 0.5) is 0 Å². The van der Waals surface area contributed by atoms with Gasteiger partial charge in [-0.15, -0.1) is 0 Å². The molecule has 1 aromatic rings. The van der Waals surface area contributed by atoms with Crippen molar-refractivity contribution in [3.05, 3.63) is 23.3 Å². The molecule has 3 aliphatic carbocycles. The van der Waals surface area contributed by atoms with Crippen LogP contribution in [-0.4, -0.2) is 34.6 Å². The first-order valence-electron chi connectivity index (χ1n) is 9.32. The molecular formula is C20H28O4. The Hall–Kier alpha value is -1.26. The lowest BCUT2D eigenvalue weighted by Gasteiger charge is -2.50. The maximum Gasteiger partial charge on any atom is 0.161 e. The summed E-state index contributed by atoms with van der Waals surface area (Å²) in [5, 5.41) is 29.6. The maximum absolute atomic E-state index is 10.5. The number of hydrogen-bond acceptors (Lipinski definition) is 4. The summed E-state index contributed by atoms with van der Waals surface area (Å²) < 4.78 is 5.52. The summed E-state index contributed by atoms with van der Waals surface area (Å²) in [5.41, 5.74) is 2.65. The zero-order chi connectivity index (χ0) is 16.9. The van der Waals surface area contributed by atoms with Crippen LogP contribution < -0.4 is 4.74 Å². The van der Waals surface area contributed by atoms with Crippen LogP contribution in [0.1, 0.15) is 56.1 Å². The Morgan fingerprint density at radius 2 is 2.04 bits per heavy atom. The fourth-order valence-corrected chi connectivity index (χ4v) is 5.83. The molecule has 2 fully saturated rings. The average Bonchev–Trinajstić information content (AvgIpc) is 2.88. The summed E-state index contributed by atoms with van der Waals surface area (Å²) in [6.07, 6.45) is 6.26. The lowest BCUT2D eigenvalue weighted by Crippen LogP contribution is -2.43. The molecule has 0 aliphatic heterocycles. The average molecular weight is 332 g/mol. The topological polar surface area (TPSA) is 69.9 Å². The van der Waals surface area contributed by atoms with Gasteiger partial charge in [0, 0.05) is 0 Å². The molecule has 0 heterocycles. The lowest BCUT2D eigenvalue weighted by molar-refractivity contribution is -0.0226. The fourth-order valence-electron chi connectivity index (χ4n) is 5.83. The summed E-state index contributed by atoms with van der Waals surface area (Å²) in [5.74, 6) is 2.41. The van der Waals surface area contributed by atoms with Gasteiger partial charge in [-0.25, -0.2) is 0 Å². The van der Waals surface area contributed by atoms with E-state index in [2.05, 4.69) is 6.92 Å². The molecule has 3 aliphatic rings. The van der Waals surface area contributed by atoms with Gasteiger partial charge < -0.3 is 20.1 Å². The molecule has 3 N–H and O–H groups in total. The summed E-state index contributed by atoms with van der Waals surface area (Å²) in [7, 11) is 0. The number of hydrogen-bond donors (Lipinski definition) is 3. The first-order valence-corrected chi connectivity index (χ1v) is 9.32. The first-order chi connectivity index (χ1) is 11.5. The first kappa shape index (κ1) is 16.2. The van der Waals surface area contributed by atoms with E-state index in [4.69, 9.17) is 9.84 Å². The van der Waals surface area contributed by atoms with Crippen molar-refractivity contribution in [3.63, 3.8) is 0 Å². The van der Waals surface area contributed by atoms with Crippen LogP contribution in [0.15, 0.2) is 12.1 Å². The predicted octanol–water partition coefficient (Wildman–Crippen LogP) is 2.98. The normalized spacial score (nSPS) is 37.5.